The molecule has 0 bridgehead atoms. The van der Waals surface area contributed by atoms with E-state index < -0.39 is 0 Å². The SMILES string of the molecule is CCNC(=NCCC(=O)OC)N(C)Cc1ccc(SC)cc1.I. The monoisotopic (exact) mass is 451 g/mol. The van der Waals surface area contributed by atoms with Gasteiger partial charge in [0.15, 0.2) is 5.96 Å². The first kappa shape index (κ1) is 22.0. The van der Waals surface area contributed by atoms with Gasteiger partial charge in [-0.05, 0) is 30.9 Å². The van der Waals surface area contributed by atoms with Gasteiger partial charge in [-0.2, -0.15) is 0 Å². The van der Waals surface area contributed by atoms with Crippen molar-refractivity contribution in [2.75, 3.05) is 33.5 Å². The van der Waals surface area contributed by atoms with E-state index in [1.807, 2.05) is 14.0 Å². The number of nitrogens with zero attached hydrogens (tertiary/aromatic N) is 2. The van der Waals surface area contributed by atoms with Crippen molar-refractivity contribution in [2.45, 2.75) is 24.8 Å². The Morgan fingerprint density at radius 1 is 1.35 bits per heavy atom. The molecule has 130 valence electrons. The summed E-state index contributed by atoms with van der Waals surface area (Å²) in [5, 5.41) is 3.24. The lowest BCUT2D eigenvalue weighted by atomic mass is 10.2. The molecule has 0 amide bonds. The standard InChI is InChI=1S/C16H25N3O2S.HI/c1-5-17-16(18-11-10-15(20)21-3)19(2)12-13-6-8-14(22-4)9-7-13;/h6-9H,5,10-12H2,1-4H3,(H,17,18);1H. The molecule has 1 rings (SSSR count). The first-order valence-electron chi connectivity index (χ1n) is 7.29. The van der Waals surface area contributed by atoms with Crippen molar-refractivity contribution < 1.29 is 9.53 Å². The normalized spacial score (nSPS) is 10.7. The maximum Gasteiger partial charge on any atom is 0.307 e. The van der Waals surface area contributed by atoms with Crippen LogP contribution in [0, 0.1) is 0 Å². The van der Waals surface area contributed by atoms with Crippen LogP contribution >= 0.6 is 35.7 Å². The predicted octanol–water partition coefficient (Wildman–Crippen LogP) is 2.99. The van der Waals surface area contributed by atoms with E-state index in [1.165, 1.54) is 17.6 Å². The van der Waals surface area contributed by atoms with E-state index in [4.69, 9.17) is 0 Å². The van der Waals surface area contributed by atoms with Gasteiger partial charge in [0.25, 0.3) is 0 Å². The van der Waals surface area contributed by atoms with Gasteiger partial charge in [0, 0.05) is 25.0 Å². The summed E-state index contributed by atoms with van der Waals surface area (Å²) in [7, 11) is 3.38. The molecule has 0 spiro atoms. The highest BCUT2D eigenvalue weighted by atomic mass is 127. The molecule has 0 saturated heterocycles. The smallest absolute Gasteiger partial charge is 0.307 e. The maximum absolute atomic E-state index is 11.1. The minimum Gasteiger partial charge on any atom is -0.469 e. The number of methoxy groups -OCH3 is 1. The van der Waals surface area contributed by atoms with E-state index in [9.17, 15) is 4.79 Å². The Hall–Kier alpha value is -0.960. The van der Waals surface area contributed by atoms with Crippen molar-refractivity contribution >= 4 is 47.7 Å². The molecule has 1 aromatic rings. The average molecular weight is 451 g/mol. The van der Waals surface area contributed by atoms with Crippen LogP contribution in [0.1, 0.15) is 18.9 Å². The van der Waals surface area contributed by atoms with Gasteiger partial charge in [0.05, 0.1) is 20.1 Å². The zero-order valence-electron chi connectivity index (χ0n) is 14.2. The molecule has 0 aliphatic carbocycles. The van der Waals surface area contributed by atoms with Crippen molar-refractivity contribution in [3.05, 3.63) is 29.8 Å². The minimum atomic E-state index is -0.241. The highest BCUT2D eigenvalue weighted by molar-refractivity contribution is 14.0. The number of benzene rings is 1. The zero-order chi connectivity index (χ0) is 16.4. The van der Waals surface area contributed by atoms with Crippen LogP contribution < -0.4 is 5.32 Å². The highest BCUT2D eigenvalue weighted by Crippen LogP contribution is 2.15. The molecule has 0 aliphatic rings. The van der Waals surface area contributed by atoms with Gasteiger partial charge >= 0.3 is 5.97 Å². The van der Waals surface area contributed by atoms with Crippen LogP contribution in [0.15, 0.2) is 34.2 Å². The van der Waals surface area contributed by atoms with Gasteiger partial charge in [-0.1, -0.05) is 12.1 Å². The summed E-state index contributed by atoms with van der Waals surface area (Å²) in [5.74, 6) is 0.551. The lowest BCUT2D eigenvalue weighted by molar-refractivity contribution is -0.140. The molecule has 7 heteroatoms. The van der Waals surface area contributed by atoms with Gasteiger partial charge in [-0.25, -0.2) is 0 Å². The Labute approximate surface area is 160 Å². The Bertz CT molecular complexity index is 495. The molecule has 0 heterocycles. The quantitative estimate of drug-likeness (QED) is 0.227. The number of guanidine groups is 1. The summed E-state index contributed by atoms with van der Waals surface area (Å²) in [6.45, 7) is 3.99. The minimum absolute atomic E-state index is 0. The van der Waals surface area contributed by atoms with Crippen LogP contribution in [-0.4, -0.2) is 50.3 Å². The molecule has 1 N–H and O–H groups in total. The van der Waals surface area contributed by atoms with Gasteiger partial charge in [0.1, 0.15) is 0 Å². The number of hydrogen-bond donors (Lipinski definition) is 1. The molecule has 0 aliphatic heterocycles. The number of esters is 1. The lowest BCUT2D eigenvalue weighted by Crippen LogP contribution is -2.38. The van der Waals surface area contributed by atoms with Gasteiger partial charge < -0.3 is 15.0 Å². The fourth-order valence-electron chi connectivity index (χ4n) is 1.90. The zero-order valence-corrected chi connectivity index (χ0v) is 17.3. The first-order valence-corrected chi connectivity index (χ1v) is 8.52. The lowest BCUT2D eigenvalue weighted by Gasteiger charge is -2.22. The second-order valence-electron chi connectivity index (χ2n) is 4.77. The van der Waals surface area contributed by atoms with Crippen LogP contribution in [0.3, 0.4) is 0 Å². The number of thioether (sulfide) groups is 1. The number of carbonyl (C=O) groups excluding carboxylic acids is 1. The number of carbonyl (C=O) groups is 1. The van der Waals surface area contributed by atoms with E-state index in [0.29, 0.717) is 13.0 Å². The fourth-order valence-corrected chi connectivity index (χ4v) is 2.31. The molecule has 0 atom stereocenters. The number of rotatable bonds is 7. The molecule has 0 fully saturated rings. The fraction of sp³-hybridized carbons (Fsp3) is 0.500. The Balaban J connectivity index is 0.00000484. The summed E-state index contributed by atoms with van der Waals surface area (Å²) in [6, 6.07) is 8.49. The summed E-state index contributed by atoms with van der Waals surface area (Å²) >= 11 is 1.73. The van der Waals surface area contributed by atoms with Crippen molar-refractivity contribution in [1.29, 1.82) is 0 Å². The van der Waals surface area contributed by atoms with Crippen molar-refractivity contribution in [1.82, 2.24) is 10.2 Å². The van der Waals surface area contributed by atoms with Crippen LogP contribution in [0.5, 0.6) is 0 Å². The topological polar surface area (TPSA) is 53.9 Å². The Kier molecular flexibility index (Phi) is 11.9. The number of ether oxygens (including phenoxy) is 1. The van der Waals surface area contributed by atoms with E-state index in [1.54, 1.807) is 11.8 Å². The third-order valence-corrected chi connectivity index (χ3v) is 3.82. The van der Waals surface area contributed by atoms with Gasteiger partial charge in [-0.15, -0.1) is 35.7 Å². The number of aliphatic imine (C=N–C) groups is 1. The Morgan fingerprint density at radius 3 is 2.52 bits per heavy atom. The molecule has 0 unspecified atom stereocenters. The molecule has 1 aromatic carbocycles. The molecule has 0 aromatic heterocycles. The highest BCUT2D eigenvalue weighted by Gasteiger charge is 2.07. The first-order chi connectivity index (χ1) is 10.6. The third-order valence-electron chi connectivity index (χ3n) is 3.08. The second-order valence-corrected chi connectivity index (χ2v) is 5.65. The van der Waals surface area contributed by atoms with E-state index in [0.717, 1.165) is 19.0 Å². The van der Waals surface area contributed by atoms with Gasteiger partial charge in [-0.3, -0.25) is 9.79 Å². The molecule has 0 saturated carbocycles. The van der Waals surface area contributed by atoms with E-state index in [2.05, 4.69) is 50.5 Å². The van der Waals surface area contributed by atoms with Crippen molar-refractivity contribution in [3.63, 3.8) is 0 Å². The molecule has 5 nitrogen and oxygen atoms in total. The Morgan fingerprint density at radius 2 is 2.00 bits per heavy atom. The summed E-state index contributed by atoms with van der Waals surface area (Å²) in [4.78, 5) is 18.9. The summed E-state index contributed by atoms with van der Waals surface area (Å²) in [5.41, 5.74) is 1.22. The van der Waals surface area contributed by atoms with Gasteiger partial charge in [0.2, 0.25) is 0 Å². The second kappa shape index (κ2) is 12.5. The summed E-state index contributed by atoms with van der Waals surface area (Å²) in [6.07, 6.45) is 2.36. The van der Waals surface area contributed by atoms with E-state index in [-0.39, 0.29) is 29.9 Å². The third kappa shape index (κ3) is 8.45. The predicted molar refractivity (Wildman–Crippen MR) is 108 cm³/mol. The molecule has 0 radical (unpaired) electrons. The van der Waals surface area contributed by atoms with Crippen LogP contribution in [0.2, 0.25) is 0 Å². The summed E-state index contributed by atoms with van der Waals surface area (Å²) < 4.78 is 4.63. The average Bonchev–Trinajstić information content (AvgIpc) is 2.54. The molecular formula is C16H26IN3O2S. The maximum atomic E-state index is 11.1. The number of hydrogen-bond acceptors (Lipinski definition) is 4. The largest absolute Gasteiger partial charge is 0.469 e. The van der Waals surface area contributed by atoms with Crippen LogP contribution in [-0.2, 0) is 16.1 Å². The van der Waals surface area contributed by atoms with Crippen molar-refractivity contribution in [2.24, 2.45) is 4.99 Å². The van der Waals surface area contributed by atoms with E-state index >= 15 is 0 Å². The van der Waals surface area contributed by atoms with Crippen LogP contribution in [0.4, 0.5) is 0 Å². The molecule has 23 heavy (non-hydrogen) atoms. The number of nitrogens with one attached hydrogen (secondary N) is 1. The molecular weight excluding hydrogens is 425 g/mol. The van der Waals surface area contributed by atoms with Crippen molar-refractivity contribution in [3.8, 4) is 0 Å². The van der Waals surface area contributed by atoms with Crippen LogP contribution in [0.25, 0.3) is 0 Å². The number of halogens is 1.